The highest BCUT2D eigenvalue weighted by Crippen LogP contribution is 2.37. The second-order valence-electron chi connectivity index (χ2n) is 5.94. The van der Waals surface area contributed by atoms with Crippen LogP contribution in [0.1, 0.15) is 30.5 Å². The first-order chi connectivity index (χ1) is 12.5. The second kappa shape index (κ2) is 6.73. The van der Waals surface area contributed by atoms with E-state index in [1.807, 2.05) is 6.92 Å². The van der Waals surface area contributed by atoms with Gasteiger partial charge in [-0.1, -0.05) is 17.7 Å². The lowest BCUT2D eigenvalue weighted by Crippen LogP contribution is -2.30. The van der Waals surface area contributed by atoms with Crippen molar-refractivity contribution in [2.24, 2.45) is 0 Å². The van der Waals surface area contributed by atoms with E-state index < -0.39 is 16.1 Å². The average Bonchev–Trinajstić information content (AvgIpc) is 3.34. The zero-order valence-electron chi connectivity index (χ0n) is 13.8. The van der Waals surface area contributed by atoms with E-state index in [2.05, 4.69) is 15.2 Å². The smallest absolute Gasteiger partial charge is 0.259 e. The Labute approximate surface area is 159 Å². The third-order valence-electron chi connectivity index (χ3n) is 4.27. The van der Waals surface area contributed by atoms with Crippen LogP contribution in [0.25, 0.3) is 10.8 Å². The van der Waals surface area contributed by atoms with E-state index in [9.17, 15) is 8.42 Å². The van der Waals surface area contributed by atoms with Crippen LogP contribution in [0.2, 0.25) is 5.02 Å². The Bertz CT molecular complexity index is 1050. The van der Waals surface area contributed by atoms with E-state index in [1.165, 1.54) is 27.8 Å². The van der Waals surface area contributed by atoms with Gasteiger partial charge in [0.2, 0.25) is 15.9 Å². The van der Waals surface area contributed by atoms with Gasteiger partial charge in [0.1, 0.15) is 10.9 Å². The second-order valence-corrected chi connectivity index (χ2v) is 9.13. The summed E-state index contributed by atoms with van der Waals surface area (Å²) in [6, 6.07) is 5.78. The molecule has 3 aromatic rings. The number of hydrogen-bond donors (Lipinski definition) is 0. The average molecular weight is 411 g/mol. The van der Waals surface area contributed by atoms with Gasteiger partial charge in [-0.15, -0.1) is 21.5 Å². The van der Waals surface area contributed by atoms with E-state index in [-0.39, 0.29) is 4.90 Å². The SMILES string of the molecule is Cc1ncsc1-c1nnc(C2CCCN2S(=O)(=O)c2cccc(Cl)c2)o1. The fourth-order valence-electron chi connectivity index (χ4n) is 3.01. The molecule has 1 atom stereocenters. The zero-order valence-corrected chi connectivity index (χ0v) is 16.2. The molecular weight excluding hydrogens is 396 g/mol. The van der Waals surface area contributed by atoms with Crippen LogP contribution in [0.5, 0.6) is 0 Å². The van der Waals surface area contributed by atoms with Crippen molar-refractivity contribution in [3.05, 3.63) is 46.4 Å². The number of hydrogen-bond acceptors (Lipinski definition) is 7. The summed E-state index contributed by atoms with van der Waals surface area (Å²) in [6.45, 7) is 2.26. The maximum absolute atomic E-state index is 13.0. The van der Waals surface area contributed by atoms with Crippen LogP contribution in [-0.2, 0) is 10.0 Å². The number of aryl methyl sites for hydroxylation is 1. The van der Waals surface area contributed by atoms with Gasteiger partial charge in [-0.3, -0.25) is 0 Å². The summed E-state index contributed by atoms with van der Waals surface area (Å²) in [7, 11) is -3.70. The predicted octanol–water partition coefficient (Wildman–Crippen LogP) is 3.68. The summed E-state index contributed by atoms with van der Waals surface area (Å²) in [6.07, 6.45) is 1.35. The van der Waals surface area contributed by atoms with Crippen molar-refractivity contribution in [3.8, 4) is 10.8 Å². The third-order valence-corrected chi connectivity index (χ3v) is 7.33. The minimum atomic E-state index is -3.70. The van der Waals surface area contributed by atoms with Crippen LogP contribution in [0, 0.1) is 6.92 Å². The number of aromatic nitrogens is 3. The molecule has 1 fully saturated rings. The van der Waals surface area contributed by atoms with Crippen LogP contribution < -0.4 is 0 Å². The lowest BCUT2D eigenvalue weighted by Gasteiger charge is -2.21. The van der Waals surface area contributed by atoms with Crippen molar-refractivity contribution in [1.29, 1.82) is 0 Å². The van der Waals surface area contributed by atoms with Crippen molar-refractivity contribution < 1.29 is 12.8 Å². The normalized spacial score (nSPS) is 18.5. The number of rotatable bonds is 4. The molecule has 4 rings (SSSR count). The summed E-state index contributed by atoms with van der Waals surface area (Å²) in [5.74, 6) is 0.669. The van der Waals surface area contributed by atoms with Crippen LogP contribution in [0.4, 0.5) is 0 Å². The lowest BCUT2D eigenvalue weighted by molar-refractivity contribution is 0.332. The standard InChI is InChI=1S/C16H15ClN4O3S2/c1-10-14(25-9-18-10)16-20-19-15(24-16)13-6-3-7-21(13)26(22,23)12-5-2-4-11(17)8-12/h2,4-5,8-9,13H,3,6-7H2,1H3. The molecule has 10 heteroatoms. The molecule has 0 aliphatic carbocycles. The first kappa shape index (κ1) is 17.6. The Morgan fingerprint density at radius 2 is 2.19 bits per heavy atom. The van der Waals surface area contributed by atoms with Crippen molar-refractivity contribution in [1.82, 2.24) is 19.5 Å². The quantitative estimate of drug-likeness (QED) is 0.651. The van der Waals surface area contributed by atoms with Crippen LogP contribution in [0.3, 0.4) is 0 Å². The maximum Gasteiger partial charge on any atom is 0.259 e. The Morgan fingerprint density at radius 3 is 2.92 bits per heavy atom. The summed E-state index contributed by atoms with van der Waals surface area (Å²) in [5.41, 5.74) is 2.51. The topological polar surface area (TPSA) is 89.2 Å². The van der Waals surface area contributed by atoms with E-state index in [0.717, 1.165) is 17.0 Å². The first-order valence-corrected chi connectivity index (χ1v) is 10.7. The maximum atomic E-state index is 13.0. The van der Waals surface area contributed by atoms with Gasteiger partial charge in [0, 0.05) is 11.6 Å². The van der Waals surface area contributed by atoms with E-state index in [0.29, 0.717) is 29.8 Å². The molecular formula is C16H15ClN4O3S2. The highest BCUT2D eigenvalue weighted by atomic mass is 35.5. The van der Waals surface area contributed by atoms with Gasteiger partial charge >= 0.3 is 0 Å². The highest BCUT2D eigenvalue weighted by Gasteiger charge is 2.39. The van der Waals surface area contributed by atoms with E-state index in [1.54, 1.807) is 17.6 Å². The van der Waals surface area contributed by atoms with Gasteiger partial charge in [0.05, 0.1) is 16.1 Å². The van der Waals surface area contributed by atoms with E-state index in [4.69, 9.17) is 16.0 Å². The predicted molar refractivity (Wildman–Crippen MR) is 97.5 cm³/mol. The van der Waals surface area contributed by atoms with E-state index >= 15 is 0 Å². The van der Waals surface area contributed by atoms with Crippen molar-refractivity contribution in [3.63, 3.8) is 0 Å². The van der Waals surface area contributed by atoms with Gasteiger partial charge in [-0.2, -0.15) is 4.31 Å². The lowest BCUT2D eigenvalue weighted by atomic mass is 10.2. The van der Waals surface area contributed by atoms with Crippen LogP contribution >= 0.6 is 22.9 Å². The number of halogens is 1. The van der Waals surface area contributed by atoms with Gasteiger partial charge in [-0.05, 0) is 38.0 Å². The molecule has 1 aliphatic heterocycles. The molecule has 0 saturated carbocycles. The largest absolute Gasteiger partial charge is 0.418 e. The molecule has 0 spiro atoms. The Hall–Kier alpha value is -1.81. The number of thiazole rings is 1. The summed E-state index contributed by atoms with van der Waals surface area (Å²) < 4.78 is 33.3. The molecule has 26 heavy (non-hydrogen) atoms. The number of nitrogens with zero attached hydrogens (tertiary/aromatic N) is 4. The fourth-order valence-corrected chi connectivity index (χ4v) is 5.68. The monoisotopic (exact) mass is 410 g/mol. The minimum absolute atomic E-state index is 0.162. The molecule has 1 aliphatic rings. The van der Waals surface area contributed by atoms with Crippen molar-refractivity contribution >= 4 is 33.0 Å². The summed E-state index contributed by atoms with van der Waals surface area (Å²) in [5, 5.41) is 8.56. The fraction of sp³-hybridized carbons (Fsp3) is 0.312. The molecule has 1 saturated heterocycles. The highest BCUT2D eigenvalue weighted by molar-refractivity contribution is 7.89. The number of sulfonamides is 1. The molecule has 3 heterocycles. The van der Waals surface area contributed by atoms with Gasteiger partial charge < -0.3 is 4.42 Å². The Morgan fingerprint density at radius 1 is 1.35 bits per heavy atom. The van der Waals surface area contributed by atoms with Crippen molar-refractivity contribution in [2.75, 3.05) is 6.54 Å². The first-order valence-electron chi connectivity index (χ1n) is 7.98. The molecule has 0 bridgehead atoms. The molecule has 1 aromatic carbocycles. The van der Waals surface area contributed by atoms with Crippen molar-refractivity contribution in [2.45, 2.75) is 30.7 Å². The molecule has 0 amide bonds. The molecule has 0 N–H and O–H groups in total. The molecule has 136 valence electrons. The molecule has 0 radical (unpaired) electrons. The third kappa shape index (κ3) is 3.05. The van der Waals surface area contributed by atoms with Gasteiger partial charge in [0.15, 0.2) is 0 Å². The van der Waals surface area contributed by atoms with Gasteiger partial charge in [0.25, 0.3) is 5.89 Å². The Kier molecular flexibility index (Phi) is 4.55. The summed E-state index contributed by atoms with van der Waals surface area (Å²) in [4.78, 5) is 5.13. The molecule has 2 aromatic heterocycles. The molecule has 7 nitrogen and oxygen atoms in total. The zero-order chi connectivity index (χ0) is 18.3. The van der Waals surface area contributed by atoms with Crippen LogP contribution in [-0.4, -0.2) is 34.4 Å². The summed E-state index contributed by atoms with van der Waals surface area (Å²) >= 11 is 7.37. The minimum Gasteiger partial charge on any atom is -0.418 e. The van der Waals surface area contributed by atoms with Crippen LogP contribution in [0.15, 0.2) is 39.1 Å². The Balaban J connectivity index is 1.67. The van der Waals surface area contributed by atoms with Gasteiger partial charge in [-0.25, -0.2) is 13.4 Å². The number of benzene rings is 1. The molecule has 1 unspecified atom stereocenters.